The molecule has 0 saturated heterocycles. The van der Waals surface area contributed by atoms with E-state index in [9.17, 15) is 14.7 Å². The molecular weight excluding hydrogens is 332 g/mol. The van der Waals surface area contributed by atoms with E-state index in [1.165, 1.54) is 11.3 Å². The monoisotopic (exact) mass is 345 g/mol. The van der Waals surface area contributed by atoms with Crippen molar-refractivity contribution in [2.75, 3.05) is 5.32 Å². The molecule has 0 aliphatic heterocycles. The topological polar surface area (TPSA) is 81.3 Å². The number of amides is 1. The van der Waals surface area contributed by atoms with Crippen LogP contribution in [-0.2, 0) is 12.8 Å². The van der Waals surface area contributed by atoms with Gasteiger partial charge < -0.3 is 15.2 Å². The van der Waals surface area contributed by atoms with Gasteiger partial charge in [-0.15, -0.1) is 11.3 Å². The standard InChI is InChI=1S/C16H14N2O3S2/c19-13(9-5-2-1-3-6-9)17-16(22)18-14-12(15(20)21)10-7-4-8-11(10)23-14/h1-3,5-6H,4,7-8H2,(H,20,21)(H2,17,18,19,22)/p-1. The van der Waals surface area contributed by atoms with E-state index < -0.39 is 5.97 Å². The lowest BCUT2D eigenvalue weighted by Gasteiger charge is -2.11. The van der Waals surface area contributed by atoms with Crippen LogP contribution in [0.5, 0.6) is 0 Å². The number of hydrogen-bond acceptors (Lipinski definition) is 5. The summed E-state index contributed by atoms with van der Waals surface area (Å²) >= 11 is 6.47. The zero-order valence-corrected chi connectivity index (χ0v) is 13.7. The molecule has 23 heavy (non-hydrogen) atoms. The van der Waals surface area contributed by atoms with Crippen molar-refractivity contribution >= 4 is 45.5 Å². The SMILES string of the molecule is O=C(NC(=S)Nc1sc2c(c1C(=O)[O-])CCC2)c1ccccc1. The summed E-state index contributed by atoms with van der Waals surface area (Å²) in [6, 6.07) is 8.66. The largest absolute Gasteiger partial charge is 0.545 e. The summed E-state index contributed by atoms with van der Waals surface area (Å²) in [5.74, 6) is -1.56. The number of thiocarbonyl (C=S) groups is 1. The molecule has 118 valence electrons. The maximum atomic E-state index is 12.0. The fourth-order valence-electron chi connectivity index (χ4n) is 2.61. The van der Waals surface area contributed by atoms with Crippen LogP contribution in [0.15, 0.2) is 30.3 Å². The number of aryl methyl sites for hydroxylation is 1. The van der Waals surface area contributed by atoms with Crippen LogP contribution in [0.2, 0.25) is 0 Å². The summed E-state index contributed by atoms with van der Waals surface area (Å²) in [7, 11) is 0. The highest BCUT2D eigenvalue weighted by molar-refractivity contribution is 7.80. The van der Waals surface area contributed by atoms with Gasteiger partial charge >= 0.3 is 0 Å². The highest BCUT2D eigenvalue weighted by atomic mass is 32.1. The average Bonchev–Trinajstić information content (AvgIpc) is 3.07. The van der Waals surface area contributed by atoms with Crippen molar-refractivity contribution in [3.05, 3.63) is 51.9 Å². The second-order valence-corrected chi connectivity index (χ2v) is 6.64. The lowest BCUT2D eigenvalue weighted by atomic mass is 10.1. The molecule has 3 rings (SSSR count). The maximum absolute atomic E-state index is 12.0. The van der Waals surface area contributed by atoms with Gasteiger partial charge in [-0.2, -0.15) is 0 Å². The number of thiophene rings is 1. The minimum Gasteiger partial charge on any atom is -0.545 e. The van der Waals surface area contributed by atoms with E-state index in [1.54, 1.807) is 24.3 Å². The Morgan fingerprint density at radius 3 is 2.61 bits per heavy atom. The van der Waals surface area contributed by atoms with Gasteiger partial charge in [-0.25, -0.2) is 0 Å². The molecule has 1 aromatic carbocycles. The van der Waals surface area contributed by atoms with Crippen molar-refractivity contribution in [2.45, 2.75) is 19.3 Å². The quantitative estimate of drug-likeness (QED) is 0.828. The number of carbonyl (C=O) groups excluding carboxylic acids is 2. The third kappa shape index (κ3) is 3.25. The van der Waals surface area contributed by atoms with Gasteiger partial charge in [-0.05, 0) is 49.2 Å². The Morgan fingerprint density at radius 2 is 1.91 bits per heavy atom. The molecule has 5 nitrogen and oxygen atoms in total. The molecule has 0 bridgehead atoms. The number of rotatable bonds is 3. The van der Waals surface area contributed by atoms with Gasteiger partial charge in [0.1, 0.15) is 5.00 Å². The zero-order valence-electron chi connectivity index (χ0n) is 12.0. The van der Waals surface area contributed by atoms with Crippen molar-refractivity contribution in [2.24, 2.45) is 0 Å². The van der Waals surface area contributed by atoms with Crippen LogP contribution in [0, 0.1) is 0 Å². The van der Waals surface area contributed by atoms with E-state index in [2.05, 4.69) is 10.6 Å². The van der Waals surface area contributed by atoms with E-state index in [0.717, 1.165) is 29.7 Å². The number of benzene rings is 1. The average molecular weight is 345 g/mol. The van der Waals surface area contributed by atoms with Crippen molar-refractivity contribution in [3.8, 4) is 0 Å². The van der Waals surface area contributed by atoms with Crippen LogP contribution in [0.25, 0.3) is 0 Å². The Balaban J connectivity index is 1.74. The Morgan fingerprint density at radius 1 is 1.17 bits per heavy atom. The van der Waals surface area contributed by atoms with Crippen LogP contribution in [0.3, 0.4) is 0 Å². The van der Waals surface area contributed by atoms with E-state index >= 15 is 0 Å². The maximum Gasteiger partial charge on any atom is 0.257 e. The molecule has 0 radical (unpaired) electrons. The van der Waals surface area contributed by atoms with Gasteiger partial charge in [0.25, 0.3) is 5.91 Å². The molecule has 0 unspecified atom stereocenters. The first-order valence-corrected chi connectivity index (χ1v) is 8.32. The molecule has 1 aliphatic carbocycles. The number of nitrogens with one attached hydrogen (secondary N) is 2. The molecule has 7 heteroatoms. The molecule has 0 atom stereocenters. The first-order valence-electron chi connectivity index (χ1n) is 7.09. The summed E-state index contributed by atoms with van der Waals surface area (Å²) in [6.07, 6.45) is 2.56. The number of hydrogen-bond donors (Lipinski definition) is 2. The van der Waals surface area contributed by atoms with E-state index in [1.807, 2.05) is 6.07 Å². The Bertz CT molecular complexity index is 784. The van der Waals surface area contributed by atoms with Gasteiger partial charge in [0.2, 0.25) is 0 Å². The molecule has 1 aliphatic rings. The molecule has 1 heterocycles. The van der Waals surface area contributed by atoms with Crippen molar-refractivity contribution in [3.63, 3.8) is 0 Å². The number of fused-ring (bicyclic) bond motifs is 1. The predicted molar refractivity (Wildman–Crippen MR) is 90.8 cm³/mol. The summed E-state index contributed by atoms with van der Waals surface area (Å²) in [4.78, 5) is 24.5. The van der Waals surface area contributed by atoms with Crippen molar-refractivity contribution in [1.29, 1.82) is 0 Å². The Kier molecular flexibility index (Phi) is 4.40. The first-order chi connectivity index (χ1) is 11.1. The molecule has 2 N–H and O–H groups in total. The van der Waals surface area contributed by atoms with E-state index in [-0.39, 0.29) is 16.6 Å². The van der Waals surface area contributed by atoms with Crippen LogP contribution in [0.1, 0.15) is 37.6 Å². The lowest BCUT2D eigenvalue weighted by molar-refractivity contribution is -0.254. The third-order valence-electron chi connectivity index (χ3n) is 3.62. The summed E-state index contributed by atoms with van der Waals surface area (Å²) < 4.78 is 0. The smallest absolute Gasteiger partial charge is 0.257 e. The molecular formula is C16H13N2O3S2-. The summed E-state index contributed by atoms with van der Waals surface area (Å²) in [6.45, 7) is 0. The highest BCUT2D eigenvalue weighted by Crippen LogP contribution is 2.38. The van der Waals surface area contributed by atoms with Gasteiger partial charge in [-0.1, -0.05) is 18.2 Å². The van der Waals surface area contributed by atoms with Gasteiger partial charge in [0, 0.05) is 16.0 Å². The Hall–Kier alpha value is -2.25. The fourth-order valence-corrected chi connectivity index (χ4v) is 4.15. The number of carboxylic acid groups (broad SMARTS) is 1. The van der Waals surface area contributed by atoms with Gasteiger partial charge in [0.15, 0.2) is 5.11 Å². The second kappa shape index (κ2) is 6.47. The molecule has 2 aromatic rings. The number of carbonyl (C=O) groups is 2. The van der Waals surface area contributed by atoms with Crippen LogP contribution in [0.4, 0.5) is 5.00 Å². The molecule has 0 spiro atoms. The van der Waals surface area contributed by atoms with E-state index in [4.69, 9.17) is 12.2 Å². The third-order valence-corrected chi connectivity index (χ3v) is 5.03. The van der Waals surface area contributed by atoms with Crippen molar-refractivity contribution < 1.29 is 14.7 Å². The summed E-state index contributed by atoms with van der Waals surface area (Å²) in [5, 5.41) is 17.3. The van der Waals surface area contributed by atoms with Crippen LogP contribution < -0.4 is 15.7 Å². The van der Waals surface area contributed by atoms with Crippen molar-refractivity contribution in [1.82, 2.24) is 5.32 Å². The Labute approximate surface area is 142 Å². The van der Waals surface area contributed by atoms with Gasteiger partial charge in [-0.3, -0.25) is 10.1 Å². The predicted octanol–water partition coefficient (Wildman–Crippen LogP) is 1.73. The molecule has 1 aromatic heterocycles. The fraction of sp³-hybridized carbons (Fsp3) is 0.188. The lowest BCUT2D eigenvalue weighted by Crippen LogP contribution is -2.34. The highest BCUT2D eigenvalue weighted by Gasteiger charge is 2.23. The minimum atomic E-state index is -1.22. The first kappa shape index (κ1) is 15.6. The molecule has 0 saturated carbocycles. The van der Waals surface area contributed by atoms with Gasteiger partial charge in [0.05, 0.1) is 5.97 Å². The molecule has 0 fully saturated rings. The number of aromatic carboxylic acids is 1. The normalized spacial score (nSPS) is 12.5. The number of anilines is 1. The molecule has 1 amide bonds. The minimum absolute atomic E-state index is 0.0706. The second-order valence-electron chi connectivity index (χ2n) is 5.12. The summed E-state index contributed by atoms with van der Waals surface area (Å²) in [5.41, 5.74) is 1.47. The number of carboxylic acids is 1. The zero-order chi connectivity index (χ0) is 16.4. The van der Waals surface area contributed by atoms with E-state index in [0.29, 0.717) is 10.6 Å². The van der Waals surface area contributed by atoms with Crippen LogP contribution >= 0.6 is 23.6 Å². The van der Waals surface area contributed by atoms with Crippen LogP contribution in [-0.4, -0.2) is 17.0 Å².